The number of hydrogen-bond donors (Lipinski definition) is 2. The second kappa shape index (κ2) is 11.3. The van der Waals surface area contributed by atoms with Gasteiger partial charge in [0.25, 0.3) is 0 Å². The van der Waals surface area contributed by atoms with Crippen molar-refractivity contribution in [2.45, 2.75) is 45.4 Å². The zero-order chi connectivity index (χ0) is 29.3. The molecule has 1 aliphatic heterocycles. The van der Waals surface area contributed by atoms with Gasteiger partial charge in [-0.3, -0.25) is 0 Å². The van der Waals surface area contributed by atoms with E-state index in [1.807, 2.05) is 30.3 Å². The Morgan fingerprint density at radius 2 is 1.93 bits per heavy atom. The maximum Gasteiger partial charge on any atom is 0.409 e. The highest BCUT2D eigenvalue weighted by Crippen LogP contribution is 2.51. The summed E-state index contributed by atoms with van der Waals surface area (Å²) in [4.78, 5) is 30.1. The molecular formula is C30H35N5O6. The Morgan fingerprint density at radius 3 is 2.56 bits per heavy atom. The van der Waals surface area contributed by atoms with Crippen molar-refractivity contribution in [3.05, 3.63) is 59.8 Å². The summed E-state index contributed by atoms with van der Waals surface area (Å²) in [5, 5.41) is 17.3. The molecule has 1 saturated heterocycles. The Bertz CT molecular complexity index is 1450. The smallest absolute Gasteiger partial charge is 0.409 e. The fraction of sp³-hybridized carbons (Fsp3) is 0.467. The van der Waals surface area contributed by atoms with E-state index in [0.29, 0.717) is 48.1 Å². The Hall–Kier alpha value is -4.30. The Morgan fingerprint density at radius 1 is 1.22 bits per heavy atom. The van der Waals surface area contributed by atoms with Crippen molar-refractivity contribution >= 4 is 12.2 Å². The van der Waals surface area contributed by atoms with Gasteiger partial charge in [0.1, 0.15) is 23.2 Å². The number of nitrogens with one attached hydrogen (secondary N) is 1. The molecule has 1 unspecified atom stereocenters. The standard InChI is InChI=1S/C30H35N5O6/c1-18(36)27-31-12-13-35(27)25(15-32-28(37)40-30(2,3)4)24-14-26(41-33-24)20-9-6-19(7-10-20)8-11-21-22-16-34(17-23(21)22)29(38)39-5/h6-7,9-10,12-14,18,21-23,25,36H,15-17H2,1-5H3,(H,32,37)/t18-,21?,22-,23+,25+/m0/s1. The summed E-state index contributed by atoms with van der Waals surface area (Å²) in [7, 11) is 1.41. The summed E-state index contributed by atoms with van der Waals surface area (Å²) < 4.78 is 17.6. The number of aliphatic hydroxyl groups is 1. The summed E-state index contributed by atoms with van der Waals surface area (Å²) >= 11 is 0. The number of rotatable bonds is 6. The Balaban J connectivity index is 1.27. The maximum absolute atomic E-state index is 12.4. The quantitative estimate of drug-likeness (QED) is 0.432. The molecule has 41 heavy (non-hydrogen) atoms. The molecule has 2 aliphatic rings. The summed E-state index contributed by atoms with van der Waals surface area (Å²) in [5.41, 5.74) is 1.63. The topological polar surface area (TPSA) is 132 Å². The number of nitrogens with zero attached hydrogens (tertiary/aromatic N) is 4. The van der Waals surface area contributed by atoms with Crippen molar-refractivity contribution in [2.75, 3.05) is 26.7 Å². The van der Waals surface area contributed by atoms with Crippen molar-refractivity contribution < 1.29 is 28.7 Å². The van der Waals surface area contributed by atoms with Crippen LogP contribution in [0.15, 0.2) is 47.2 Å². The van der Waals surface area contributed by atoms with E-state index in [2.05, 4.69) is 27.3 Å². The predicted octanol–water partition coefficient (Wildman–Crippen LogP) is 4.00. The minimum Gasteiger partial charge on any atom is -0.453 e. The SMILES string of the molecule is COC(=O)N1C[C@@H]2C(C#Cc3ccc(-c4cc([C@@H](CNC(=O)OC(C)(C)C)n5ccnc5[C@H](C)O)no4)cc3)[C@@H]2C1. The monoisotopic (exact) mass is 561 g/mol. The number of methoxy groups -OCH3 is 1. The number of imidazole rings is 1. The molecular weight excluding hydrogens is 526 g/mol. The number of fused-ring (bicyclic) bond motifs is 1. The molecule has 2 fully saturated rings. The van der Waals surface area contributed by atoms with E-state index < -0.39 is 23.8 Å². The third kappa shape index (κ3) is 6.38. The molecule has 216 valence electrons. The normalized spacial score (nSPS) is 20.8. The zero-order valence-electron chi connectivity index (χ0n) is 23.8. The lowest BCUT2D eigenvalue weighted by molar-refractivity contribution is 0.0521. The van der Waals surface area contributed by atoms with E-state index in [4.69, 9.17) is 14.0 Å². The van der Waals surface area contributed by atoms with E-state index in [1.165, 1.54) is 7.11 Å². The lowest BCUT2D eigenvalue weighted by Crippen LogP contribution is -2.36. The van der Waals surface area contributed by atoms with Crippen molar-refractivity contribution in [3.8, 4) is 23.2 Å². The largest absolute Gasteiger partial charge is 0.453 e. The van der Waals surface area contributed by atoms with Gasteiger partial charge in [0.2, 0.25) is 0 Å². The highest BCUT2D eigenvalue weighted by molar-refractivity contribution is 5.68. The van der Waals surface area contributed by atoms with Crippen LogP contribution in [0.4, 0.5) is 9.59 Å². The number of carbonyl (C=O) groups is 2. The van der Waals surface area contributed by atoms with Crippen LogP contribution in [0.1, 0.15) is 56.9 Å². The van der Waals surface area contributed by atoms with E-state index >= 15 is 0 Å². The summed E-state index contributed by atoms with van der Waals surface area (Å²) in [5.74, 6) is 8.78. The molecule has 0 spiro atoms. The van der Waals surface area contributed by atoms with Crippen LogP contribution < -0.4 is 5.32 Å². The van der Waals surface area contributed by atoms with Gasteiger partial charge in [0.15, 0.2) is 5.76 Å². The van der Waals surface area contributed by atoms with Crippen molar-refractivity contribution in [3.63, 3.8) is 0 Å². The molecule has 2 aromatic heterocycles. The molecule has 0 radical (unpaired) electrons. The number of carbonyl (C=O) groups excluding carboxylic acids is 2. The minimum atomic E-state index is -0.823. The molecule has 11 nitrogen and oxygen atoms in total. The molecule has 1 aromatic carbocycles. The Kier molecular flexibility index (Phi) is 7.78. The Labute approximate surface area is 238 Å². The van der Waals surface area contributed by atoms with Crippen LogP contribution in [0.5, 0.6) is 0 Å². The van der Waals surface area contributed by atoms with Gasteiger partial charge in [-0.15, -0.1) is 0 Å². The number of alkyl carbamates (subject to hydrolysis) is 1. The van der Waals surface area contributed by atoms with Crippen molar-refractivity contribution in [2.24, 2.45) is 17.8 Å². The summed E-state index contributed by atoms with van der Waals surface area (Å²) in [6.07, 6.45) is 1.67. The zero-order valence-corrected chi connectivity index (χ0v) is 23.8. The average molecular weight is 562 g/mol. The van der Waals surface area contributed by atoms with Gasteiger partial charge >= 0.3 is 12.2 Å². The van der Waals surface area contributed by atoms with Gasteiger partial charge in [-0.25, -0.2) is 14.6 Å². The number of likely N-dealkylation sites (tertiary alicyclic amines) is 1. The van der Waals surface area contributed by atoms with Gasteiger partial charge in [0.05, 0.1) is 13.2 Å². The van der Waals surface area contributed by atoms with E-state index in [9.17, 15) is 14.7 Å². The average Bonchev–Trinajstić information content (AvgIpc) is 3.44. The number of amides is 2. The van der Waals surface area contributed by atoms with Crippen LogP contribution in [-0.4, -0.2) is 69.2 Å². The molecule has 2 N–H and O–H groups in total. The van der Waals surface area contributed by atoms with Crippen LogP contribution in [-0.2, 0) is 9.47 Å². The third-order valence-electron chi connectivity index (χ3n) is 7.30. The van der Waals surface area contributed by atoms with Gasteiger partial charge in [-0.2, -0.15) is 0 Å². The molecule has 11 heteroatoms. The van der Waals surface area contributed by atoms with Crippen LogP contribution >= 0.6 is 0 Å². The van der Waals surface area contributed by atoms with Crippen LogP contribution in [0, 0.1) is 29.6 Å². The van der Waals surface area contributed by atoms with E-state index in [0.717, 1.165) is 11.1 Å². The van der Waals surface area contributed by atoms with Crippen molar-refractivity contribution in [1.29, 1.82) is 0 Å². The van der Waals surface area contributed by atoms with Crippen molar-refractivity contribution in [1.82, 2.24) is 24.9 Å². The first-order chi connectivity index (χ1) is 19.5. The van der Waals surface area contributed by atoms with Gasteiger partial charge < -0.3 is 33.9 Å². The number of benzene rings is 1. The highest BCUT2D eigenvalue weighted by Gasteiger charge is 2.56. The van der Waals surface area contributed by atoms with Crippen LogP contribution in [0.25, 0.3) is 11.3 Å². The molecule has 1 aliphatic carbocycles. The molecule has 0 bridgehead atoms. The highest BCUT2D eigenvalue weighted by atomic mass is 16.6. The number of aromatic nitrogens is 3. The summed E-state index contributed by atoms with van der Waals surface area (Å²) in [6.45, 7) is 8.56. The first-order valence-electron chi connectivity index (χ1n) is 13.6. The lowest BCUT2D eigenvalue weighted by Gasteiger charge is -2.23. The molecule has 5 atom stereocenters. The van der Waals surface area contributed by atoms with E-state index in [-0.39, 0.29) is 12.6 Å². The molecule has 2 amide bonds. The minimum absolute atomic E-state index is 0.145. The first kappa shape index (κ1) is 28.2. The van der Waals surface area contributed by atoms with Gasteiger partial charge in [-0.05, 0) is 63.8 Å². The van der Waals surface area contributed by atoms with Gasteiger partial charge in [0, 0.05) is 55.1 Å². The lowest BCUT2D eigenvalue weighted by atomic mass is 10.1. The van der Waals surface area contributed by atoms with E-state index in [1.54, 1.807) is 49.6 Å². The molecule has 3 aromatic rings. The third-order valence-corrected chi connectivity index (χ3v) is 7.30. The first-order valence-corrected chi connectivity index (χ1v) is 13.6. The fourth-order valence-electron chi connectivity index (χ4n) is 5.24. The second-order valence-corrected chi connectivity index (χ2v) is 11.5. The second-order valence-electron chi connectivity index (χ2n) is 11.5. The maximum atomic E-state index is 12.4. The number of aliphatic hydroxyl groups excluding tert-OH is 1. The predicted molar refractivity (Wildman–Crippen MR) is 149 cm³/mol. The fourth-order valence-corrected chi connectivity index (χ4v) is 5.24. The van der Waals surface area contributed by atoms with Gasteiger partial charge in [-0.1, -0.05) is 17.0 Å². The number of hydrogen-bond acceptors (Lipinski definition) is 8. The van der Waals surface area contributed by atoms with Crippen LogP contribution in [0.3, 0.4) is 0 Å². The van der Waals surface area contributed by atoms with Crippen LogP contribution in [0.2, 0.25) is 0 Å². The number of piperidine rings is 1. The summed E-state index contributed by atoms with van der Waals surface area (Å²) in [6, 6.07) is 9.04. The molecule has 3 heterocycles. The number of ether oxygens (including phenoxy) is 2. The molecule has 5 rings (SSSR count). The molecule has 1 saturated carbocycles.